The molecular formula is C13H15NO3. The van der Waals surface area contributed by atoms with Crippen LogP contribution in [0.2, 0.25) is 0 Å². The summed E-state index contributed by atoms with van der Waals surface area (Å²) >= 11 is 0. The molecule has 1 atom stereocenters. The SMILES string of the molecule is COc1cccc(-c2nc(CC(C)O)co2)c1. The predicted molar refractivity (Wildman–Crippen MR) is 63.9 cm³/mol. The molecule has 0 amide bonds. The van der Waals surface area contributed by atoms with Gasteiger partial charge in [-0.1, -0.05) is 6.07 Å². The average Bonchev–Trinajstić information content (AvgIpc) is 2.77. The van der Waals surface area contributed by atoms with Crippen molar-refractivity contribution in [3.63, 3.8) is 0 Å². The summed E-state index contributed by atoms with van der Waals surface area (Å²) in [4.78, 5) is 4.31. The van der Waals surface area contributed by atoms with E-state index in [1.165, 1.54) is 0 Å². The van der Waals surface area contributed by atoms with Crippen molar-refractivity contribution in [3.8, 4) is 17.2 Å². The van der Waals surface area contributed by atoms with Crippen molar-refractivity contribution in [2.45, 2.75) is 19.4 Å². The number of ether oxygens (including phenoxy) is 1. The third-order valence-electron chi connectivity index (χ3n) is 2.37. The van der Waals surface area contributed by atoms with Crippen LogP contribution < -0.4 is 4.74 Å². The summed E-state index contributed by atoms with van der Waals surface area (Å²) in [7, 11) is 1.62. The molecule has 2 aromatic rings. The molecule has 1 N–H and O–H groups in total. The summed E-state index contributed by atoms with van der Waals surface area (Å²) in [6, 6.07) is 7.51. The van der Waals surface area contributed by atoms with Gasteiger partial charge in [-0.25, -0.2) is 4.98 Å². The predicted octanol–water partition coefficient (Wildman–Crippen LogP) is 2.27. The minimum Gasteiger partial charge on any atom is -0.497 e. The van der Waals surface area contributed by atoms with Gasteiger partial charge in [-0.3, -0.25) is 0 Å². The molecule has 0 fully saturated rings. The van der Waals surface area contributed by atoms with E-state index in [0.717, 1.165) is 17.0 Å². The van der Waals surface area contributed by atoms with E-state index in [4.69, 9.17) is 9.15 Å². The second-order valence-electron chi connectivity index (χ2n) is 3.93. The fourth-order valence-corrected chi connectivity index (χ4v) is 1.59. The Hall–Kier alpha value is -1.81. The Morgan fingerprint density at radius 1 is 1.47 bits per heavy atom. The Bertz CT molecular complexity index is 491. The molecular weight excluding hydrogens is 218 g/mol. The number of rotatable bonds is 4. The monoisotopic (exact) mass is 233 g/mol. The van der Waals surface area contributed by atoms with Gasteiger partial charge in [0.15, 0.2) is 0 Å². The molecule has 1 heterocycles. The van der Waals surface area contributed by atoms with E-state index >= 15 is 0 Å². The number of aromatic nitrogens is 1. The van der Waals surface area contributed by atoms with Crippen molar-refractivity contribution in [2.24, 2.45) is 0 Å². The molecule has 0 spiro atoms. The number of nitrogens with zero attached hydrogens (tertiary/aromatic N) is 1. The maximum absolute atomic E-state index is 9.27. The van der Waals surface area contributed by atoms with E-state index in [9.17, 15) is 5.11 Å². The average molecular weight is 233 g/mol. The van der Waals surface area contributed by atoms with Gasteiger partial charge in [-0.05, 0) is 25.1 Å². The van der Waals surface area contributed by atoms with E-state index in [0.29, 0.717) is 12.3 Å². The quantitative estimate of drug-likeness (QED) is 0.880. The molecule has 90 valence electrons. The van der Waals surface area contributed by atoms with Crippen LogP contribution in [0.1, 0.15) is 12.6 Å². The number of aliphatic hydroxyl groups excluding tert-OH is 1. The molecule has 4 nitrogen and oxygen atoms in total. The standard InChI is InChI=1S/C13H15NO3/c1-9(15)6-11-8-17-13(14-11)10-4-3-5-12(7-10)16-2/h3-5,7-9,15H,6H2,1-2H3. The van der Waals surface area contributed by atoms with E-state index in [2.05, 4.69) is 4.98 Å². The molecule has 1 aromatic carbocycles. The maximum atomic E-state index is 9.27. The lowest BCUT2D eigenvalue weighted by molar-refractivity contribution is 0.194. The van der Waals surface area contributed by atoms with Crippen LogP contribution in [0.15, 0.2) is 34.9 Å². The highest BCUT2D eigenvalue weighted by Crippen LogP contribution is 2.23. The lowest BCUT2D eigenvalue weighted by Crippen LogP contribution is -2.04. The lowest BCUT2D eigenvalue weighted by atomic mass is 10.2. The molecule has 1 aromatic heterocycles. The molecule has 0 saturated heterocycles. The van der Waals surface area contributed by atoms with Crippen molar-refractivity contribution in [3.05, 3.63) is 36.2 Å². The first-order valence-corrected chi connectivity index (χ1v) is 5.46. The fraction of sp³-hybridized carbons (Fsp3) is 0.308. The maximum Gasteiger partial charge on any atom is 0.226 e. The topological polar surface area (TPSA) is 55.5 Å². The van der Waals surface area contributed by atoms with E-state index < -0.39 is 6.10 Å². The van der Waals surface area contributed by atoms with Gasteiger partial charge >= 0.3 is 0 Å². The summed E-state index contributed by atoms with van der Waals surface area (Å²) in [6.45, 7) is 1.72. The molecule has 0 radical (unpaired) electrons. The van der Waals surface area contributed by atoms with Crippen LogP contribution >= 0.6 is 0 Å². The molecule has 17 heavy (non-hydrogen) atoms. The Balaban J connectivity index is 2.24. The van der Waals surface area contributed by atoms with Crippen LogP contribution in [0.4, 0.5) is 0 Å². The first kappa shape index (κ1) is 11.7. The third-order valence-corrected chi connectivity index (χ3v) is 2.37. The number of oxazole rings is 1. The van der Waals surface area contributed by atoms with E-state index in [1.54, 1.807) is 20.3 Å². The zero-order valence-corrected chi connectivity index (χ0v) is 9.88. The number of hydrogen-bond donors (Lipinski definition) is 1. The minimum absolute atomic E-state index is 0.418. The van der Waals surface area contributed by atoms with E-state index in [-0.39, 0.29) is 0 Å². The van der Waals surface area contributed by atoms with Crippen LogP contribution in [-0.4, -0.2) is 23.3 Å². The number of methoxy groups -OCH3 is 1. The summed E-state index contributed by atoms with van der Waals surface area (Å²) in [5.74, 6) is 1.30. The molecule has 0 aliphatic carbocycles. The summed E-state index contributed by atoms with van der Waals surface area (Å²) < 4.78 is 10.5. The molecule has 2 rings (SSSR count). The summed E-state index contributed by atoms with van der Waals surface area (Å²) in [6.07, 6.45) is 1.65. The molecule has 0 aliphatic rings. The summed E-state index contributed by atoms with van der Waals surface area (Å²) in [5.41, 5.74) is 1.61. The second kappa shape index (κ2) is 5.01. The molecule has 0 saturated carbocycles. The Labute approximate surface area is 99.9 Å². The highest BCUT2D eigenvalue weighted by Gasteiger charge is 2.09. The van der Waals surface area contributed by atoms with E-state index in [1.807, 2.05) is 24.3 Å². The van der Waals surface area contributed by atoms with Crippen molar-refractivity contribution >= 4 is 0 Å². The third kappa shape index (κ3) is 2.85. The molecule has 1 unspecified atom stereocenters. The molecule has 0 bridgehead atoms. The van der Waals surface area contributed by atoms with Gasteiger partial charge in [0.2, 0.25) is 5.89 Å². The van der Waals surface area contributed by atoms with Crippen molar-refractivity contribution in [1.29, 1.82) is 0 Å². The van der Waals surface area contributed by atoms with Crippen LogP contribution in [0.3, 0.4) is 0 Å². The Morgan fingerprint density at radius 3 is 3.00 bits per heavy atom. The largest absolute Gasteiger partial charge is 0.497 e. The van der Waals surface area contributed by atoms with Gasteiger partial charge < -0.3 is 14.3 Å². The van der Waals surface area contributed by atoms with Crippen molar-refractivity contribution in [1.82, 2.24) is 4.98 Å². The van der Waals surface area contributed by atoms with Gasteiger partial charge in [-0.15, -0.1) is 0 Å². The van der Waals surface area contributed by atoms with Crippen LogP contribution in [0.5, 0.6) is 5.75 Å². The van der Waals surface area contributed by atoms with Crippen molar-refractivity contribution in [2.75, 3.05) is 7.11 Å². The number of benzene rings is 1. The van der Waals surface area contributed by atoms with Gasteiger partial charge in [0.25, 0.3) is 0 Å². The zero-order valence-electron chi connectivity index (χ0n) is 9.88. The Morgan fingerprint density at radius 2 is 2.29 bits per heavy atom. The fourth-order valence-electron chi connectivity index (χ4n) is 1.59. The highest BCUT2D eigenvalue weighted by molar-refractivity contribution is 5.55. The van der Waals surface area contributed by atoms with Gasteiger partial charge in [0.1, 0.15) is 12.0 Å². The summed E-state index contributed by atoms with van der Waals surface area (Å²) in [5, 5.41) is 9.27. The first-order chi connectivity index (χ1) is 8.19. The van der Waals surface area contributed by atoms with Crippen molar-refractivity contribution < 1.29 is 14.3 Å². The number of aliphatic hydroxyl groups is 1. The smallest absolute Gasteiger partial charge is 0.226 e. The van der Waals surface area contributed by atoms with Gasteiger partial charge in [0, 0.05) is 12.0 Å². The molecule has 4 heteroatoms. The van der Waals surface area contributed by atoms with Crippen LogP contribution in [0.25, 0.3) is 11.5 Å². The number of hydrogen-bond acceptors (Lipinski definition) is 4. The molecule has 0 aliphatic heterocycles. The van der Waals surface area contributed by atoms with Crippen LogP contribution in [-0.2, 0) is 6.42 Å². The zero-order chi connectivity index (χ0) is 12.3. The normalized spacial score (nSPS) is 12.4. The first-order valence-electron chi connectivity index (χ1n) is 5.46. The van der Waals surface area contributed by atoms with Gasteiger partial charge in [0.05, 0.1) is 18.9 Å². The second-order valence-corrected chi connectivity index (χ2v) is 3.93. The highest BCUT2D eigenvalue weighted by atomic mass is 16.5. The van der Waals surface area contributed by atoms with Crippen LogP contribution in [0, 0.1) is 0 Å². The minimum atomic E-state index is -0.418. The Kier molecular flexibility index (Phi) is 3.44. The van der Waals surface area contributed by atoms with Gasteiger partial charge in [-0.2, -0.15) is 0 Å². The lowest BCUT2D eigenvalue weighted by Gasteiger charge is -2.00.